The van der Waals surface area contributed by atoms with E-state index in [0.717, 1.165) is 44.1 Å². The smallest absolute Gasteiger partial charge is 0.270 e. The van der Waals surface area contributed by atoms with Gasteiger partial charge in [0.15, 0.2) is 0 Å². The normalized spacial score (nSPS) is 18.2. The molecule has 11 nitrogen and oxygen atoms in total. The van der Waals surface area contributed by atoms with Gasteiger partial charge >= 0.3 is 0 Å². The topological polar surface area (TPSA) is 137 Å². The first-order chi connectivity index (χ1) is 22.8. The quantitative estimate of drug-likeness (QED) is 0.240. The third kappa shape index (κ3) is 9.28. The summed E-state index contributed by atoms with van der Waals surface area (Å²) < 4.78 is 1.50. The molecule has 1 aromatic heterocycles. The minimum absolute atomic E-state index is 0.0476. The van der Waals surface area contributed by atoms with Crippen molar-refractivity contribution in [2.24, 2.45) is 13.0 Å². The first-order valence-corrected chi connectivity index (χ1v) is 16.8. The van der Waals surface area contributed by atoms with E-state index in [1.807, 2.05) is 35.2 Å². The van der Waals surface area contributed by atoms with Crippen LogP contribution < -0.4 is 21.3 Å². The Morgan fingerprint density at radius 1 is 0.936 bits per heavy atom. The minimum atomic E-state index is -0.698. The number of hydrogen-bond donors (Lipinski definition) is 4. The van der Waals surface area contributed by atoms with E-state index in [4.69, 9.17) is 0 Å². The van der Waals surface area contributed by atoms with E-state index >= 15 is 0 Å². The molecule has 2 aliphatic rings. The van der Waals surface area contributed by atoms with Crippen molar-refractivity contribution in [1.82, 2.24) is 30.6 Å². The van der Waals surface area contributed by atoms with Crippen LogP contribution >= 0.6 is 0 Å². The van der Waals surface area contributed by atoms with Gasteiger partial charge in [0.05, 0.1) is 0 Å². The van der Waals surface area contributed by atoms with E-state index in [-0.39, 0.29) is 42.0 Å². The highest BCUT2D eigenvalue weighted by Gasteiger charge is 2.33. The summed E-state index contributed by atoms with van der Waals surface area (Å²) in [6.45, 7) is 3.61. The lowest BCUT2D eigenvalue weighted by atomic mass is 9.83. The maximum Gasteiger partial charge on any atom is 0.270 e. The lowest BCUT2D eigenvalue weighted by Crippen LogP contribution is -2.58. The Bertz CT molecular complexity index is 1500. The van der Waals surface area contributed by atoms with Crippen LogP contribution in [0.5, 0.6) is 0 Å². The lowest BCUT2D eigenvalue weighted by molar-refractivity contribution is -0.137. The zero-order valence-electron chi connectivity index (χ0n) is 27.4. The first-order valence-electron chi connectivity index (χ1n) is 16.8. The molecule has 3 unspecified atom stereocenters. The maximum atomic E-state index is 13.8. The number of nitrogens with zero attached hydrogens (tertiary/aromatic N) is 3. The molecular weight excluding hydrogens is 594 g/mol. The molecule has 4 N–H and O–H groups in total. The number of anilines is 1. The molecule has 0 bridgehead atoms. The first kappa shape index (κ1) is 33.8. The second kappa shape index (κ2) is 16.4. The Kier molecular flexibility index (Phi) is 11.8. The molecule has 0 radical (unpaired) electrons. The molecule has 1 aliphatic carbocycles. The average molecular weight is 642 g/mol. The molecule has 3 aromatic rings. The fourth-order valence-corrected chi connectivity index (χ4v) is 6.63. The van der Waals surface area contributed by atoms with Gasteiger partial charge < -0.3 is 26.2 Å². The van der Waals surface area contributed by atoms with Gasteiger partial charge in [-0.3, -0.25) is 23.9 Å². The van der Waals surface area contributed by atoms with Crippen molar-refractivity contribution in [2.45, 2.75) is 76.4 Å². The van der Waals surface area contributed by atoms with Crippen LogP contribution in [0.3, 0.4) is 0 Å². The van der Waals surface area contributed by atoms with E-state index in [1.54, 1.807) is 38.4 Å². The summed E-state index contributed by atoms with van der Waals surface area (Å²) in [6.07, 6.45) is 7.94. The standard InChI is InChI=1S/C36H47N7O4/c1-3-32(44)40-30(36(47)43-21-20-37-29(24-43)22-25-10-6-4-7-11-25)23-26-14-16-28(17-15-26)39-35(46)33(27-12-8-5-9-13-27)41-34(45)31-18-19-38-42(31)2/h4,6-7,10-11,14-19,27,29-30,33,37H,3,5,8-9,12-13,20-24H2,1-2H3,(H,39,46)(H,40,44)(H,41,45). The summed E-state index contributed by atoms with van der Waals surface area (Å²) in [5.74, 6) is -0.807. The van der Waals surface area contributed by atoms with Gasteiger partial charge in [-0.2, -0.15) is 5.10 Å². The Balaban J connectivity index is 1.23. The second-order valence-electron chi connectivity index (χ2n) is 12.7. The molecule has 2 aromatic carbocycles. The van der Waals surface area contributed by atoms with E-state index in [2.05, 4.69) is 38.5 Å². The monoisotopic (exact) mass is 641 g/mol. The Hall–Kier alpha value is -4.51. The zero-order valence-corrected chi connectivity index (χ0v) is 27.4. The van der Waals surface area contributed by atoms with Gasteiger partial charge in [-0.1, -0.05) is 68.7 Å². The third-order valence-corrected chi connectivity index (χ3v) is 9.25. The lowest BCUT2D eigenvalue weighted by Gasteiger charge is -2.36. The molecule has 47 heavy (non-hydrogen) atoms. The average Bonchev–Trinajstić information content (AvgIpc) is 3.54. The van der Waals surface area contributed by atoms with E-state index in [0.29, 0.717) is 37.4 Å². The van der Waals surface area contributed by atoms with Gasteiger partial charge in [0.2, 0.25) is 17.7 Å². The molecule has 1 saturated carbocycles. The number of rotatable bonds is 12. The van der Waals surface area contributed by atoms with Crippen molar-refractivity contribution in [3.05, 3.63) is 83.7 Å². The zero-order chi connectivity index (χ0) is 33.2. The van der Waals surface area contributed by atoms with E-state index in [1.165, 1.54) is 10.2 Å². The Morgan fingerprint density at radius 2 is 1.68 bits per heavy atom. The highest BCUT2D eigenvalue weighted by Crippen LogP contribution is 2.27. The van der Waals surface area contributed by atoms with Crippen LogP contribution in [0.2, 0.25) is 0 Å². The molecule has 250 valence electrons. The summed E-state index contributed by atoms with van der Waals surface area (Å²) >= 11 is 0. The number of amides is 4. The number of aromatic nitrogens is 2. The summed E-state index contributed by atoms with van der Waals surface area (Å²) in [4.78, 5) is 54.7. The van der Waals surface area contributed by atoms with Crippen molar-refractivity contribution < 1.29 is 19.2 Å². The molecule has 5 rings (SSSR count). The number of aryl methyl sites for hydroxylation is 1. The Labute approximate surface area is 276 Å². The summed E-state index contributed by atoms with van der Waals surface area (Å²) in [5.41, 5.74) is 3.07. The van der Waals surface area contributed by atoms with E-state index in [9.17, 15) is 19.2 Å². The van der Waals surface area contributed by atoms with Crippen molar-refractivity contribution in [3.63, 3.8) is 0 Å². The minimum Gasteiger partial charge on any atom is -0.344 e. The fraction of sp³-hybridized carbons (Fsp3) is 0.472. The van der Waals surface area contributed by atoms with E-state index < -0.39 is 12.1 Å². The maximum absolute atomic E-state index is 13.8. The van der Waals surface area contributed by atoms with Gasteiger partial charge in [0, 0.05) is 57.4 Å². The molecule has 1 saturated heterocycles. The van der Waals surface area contributed by atoms with Crippen LogP contribution in [0.4, 0.5) is 5.69 Å². The molecule has 2 heterocycles. The van der Waals surface area contributed by atoms with Crippen LogP contribution in [0.1, 0.15) is 67.1 Å². The number of piperazine rings is 1. The van der Waals surface area contributed by atoms with Gasteiger partial charge in [0.1, 0.15) is 17.8 Å². The molecular formula is C36H47N7O4. The highest BCUT2D eigenvalue weighted by molar-refractivity contribution is 6.00. The van der Waals surface area contributed by atoms with Crippen LogP contribution in [0, 0.1) is 5.92 Å². The molecule has 11 heteroatoms. The van der Waals surface area contributed by atoms with Crippen LogP contribution in [-0.4, -0.2) is 76.1 Å². The fourth-order valence-electron chi connectivity index (χ4n) is 6.63. The largest absolute Gasteiger partial charge is 0.344 e. The van der Waals surface area contributed by atoms with Crippen LogP contribution in [0.25, 0.3) is 0 Å². The third-order valence-electron chi connectivity index (χ3n) is 9.25. The SMILES string of the molecule is CCC(=O)NC(Cc1ccc(NC(=O)C(NC(=O)c2ccnn2C)C2CCCCC2)cc1)C(=O)N1CCNC(Cc2ccccc2)C1. The van der Waals surface area contributed by atoms with Crippen molar-refractivity contribution in [2.75, 3.05) is 25.0 Å². The van der Waals surface area contributed by atoms with Gasteiger partial charge in [-0.05, 0) is 54.5 Å². The molecule has 1 aliphatic heterocycles. The van der Waals surface area contributed by atoms with Gasteiger partial charge in [0.25, 0.3) is 5.91 Å². The molecule has 4 amide bonds. The summed E-state index contributed by atoms with van der Waals surface area (Å²) in [7, 11) is 1.70. The molecule has 2 fully saturated rings. The number of carbonyl (C=O) groups is 4. The second-order valence-corrected chi connectivity index (χ2v) is 12.7. The number of hydrogen-bond acceptors (Lipinski definition) is 6. The van der Waals surface area contributed by atoms with Crippen molar-refractivity contribution in [3.8, 4) is 0 Å². The predicted molar refractivity (Wildman–Crippen MR) is 181 cm³/mol. The van der Waals surface area contributed by atoms with Crippen molar-refractivity contribution >= 4 is 29.3 Å². The Morgan fingerprint density at radius 3 is 2.36 bits per heavy atom. The highest BCUT2D eigenvalue weighted by atomic mass is 16.2. The summed E-state index contributed by atoms with van der Waals surface area (Å²) in [6, 6.07) is 18.0. The van der Waals surface area contributed by atoms with Crippen molar-refractivity contribution in [1.29, 1.82) is 0 Å². The van der Waals surface area contributed by atoms with Gasteiger partial charge in [-0.25, -0.2) is 0 Å². The number of benzene rings is 2. The molecule has 3 atom stereocenters. The number of nitrogens with one attached hydrogen (secondary N) is 4. The summed E-state index contributed by atoms with van der Waals surface area (Å²) in [5, 5.41) is 16.5. The van der Waals surface area contributed by atoms with Crippen LogP contribution in [-0.2, 0) is 34.3 Å². The molecule has 0 spiro atoms. The number of carbonyl (C=O) groups excluding carboxylic acids is 4. The predicted octanol–water partition coefficient (Wildman–Crippen LogP) is 3.22. The van der Waals surface area contributed by atoms with Crippen LogP contribution in [0.15, 0.2) is 66.9 Å². The van der Waals surface area contributed by atoms with Gasteiger partial charge in [-0.15, -0.1) is 0 Å².